The molecule has 0 unspecified atom stereocenters. The average Bonchev–Trinajstić information content (AvgIpc) is 2.67. The Balaban J connectivity index is 1.66. The van der Waals surface area contributed by atoms with Crippen molar-refractivity contribution in [3.05, 3.63) is 53.6 Å². The summed E-state index contributed by atoms with van der Waals surface area (Å²) in [5, 5.41) is 57.7. The molecule has 0 spiro atoms. The molecule has 8 nitrogen and oxygen atoms in total. The third-order valence-electron chi connectivity index (χ3n) is 4.37. The zero-order valence-electron chi connectivity index (χ0n) is 14.8. The lowest BCUT2D eigenvalue weighted by Crippen LogP contribution is -2.60. The molecule has 1 aliphatic rings. The molecule has 0 aliphatic carbocycles. The molecule has 2 aromatic rings. The largest absolute Gasteiger partial charge is 0.508 e. The van der Waals surface area contributed by atoms with E-state index in [1.165, 1.54) is 18.2 Å². The van der Waals surface area contributed by atoms with E-state index in [1.54, 1.807) is 36.4 Å². The second kappa shape index (κ2) is 8.59. The summed E-state index contributed by atoms with van der Waals surface area (Å²) in [4.78, 5) is 0. The maximum atomic E-state index is 10.00. The van der Waals surface area contributed by atoms with Crippen molar-refractivity contribution in [1.82, 2.24) is 0 Å². The van der Waals surface area contributed by atoms with E-state index in [0.29, 0.717) is 11.3 Å². The van der Waals surface area contributed by atoms with E-state index < -0.39 is 37.3 Å². The Bertz CT molecular complexity index is 797. The Morgan fingerprint density at radius 1 is 0.821 bits per heavy atom. The van der Waals surface area contributed by atoms with E-state index in [9.17, 15) is 30.6 Å². The Labute approximate surface area is 161 Å². The van der Waals surface area contributed by atoms with Gasteiger partial charge in [-0.1, -0.05) is 24.3 Å². The summed E-state index contributed by atoms with van der Waals surface area (Å²) in [6.07, 6.45) is -3.22. The predicted molar refractivity (Wildman–Crippen MR) is 99.5 cm³/mol. The number of aliphatic hydroxyl groups excluding tert-OH is 4. The molecule has 1 fully saturated rings. The van der Waals surface area contributed by atoms with Crippen LogP contribution in [0.1, 0.15) is 11.1 Å². The van der Waals surface area contributed by atoms with E-state index in [0.717, 1.165) is 5.56 Å². The van der Waals surface area contributed by atoms with Crippen molar-refractivity contribution < 1.29 is 40.1 Å². The summed E-state index contributed by atoms with van der Waals surface area (Å²) >= 11 is 0. The van der Waals surface area contributed by atoms with Crippen LogP contribution in [0.25, 0.3) is 12.2 Å². The highest BCUT2D eigenvalue weighted by atomic mass is 16.7. The van der Waals surface area contributed by atoms with Crippen LogP contribution in [0, 0.1) is 0 Å². The maximum absolute atomic E-state index is 10.00. The van der Waals surface area contributed by atoms with Gasteiger partial charge in [-0.2, -0.15) is 0 Å². The number of hydrogen-bond acceptors (Lipinski definition) is 8. The van der Waals surface area contributed by atoms with Crippen molar-refractivity contribution in [2.24, 2.45) is 0 Å². The van der Waals surface area contributed by atoms with Crippen LogP contribution in [-0.4, -0.2) is 68.0 Å². The molecule has 0 amide bonds. The topological polar surface area (TPSA) is 140 Å². The zero-order valence-corrected chi connectivity index (χ0v) is 14.8. The predicted octanol–water partition coefficient (Wildman–Crippen LogP) is 0.447. The van der Waals surface area contributed by atoms with Gasteiger partial charge < -0.3 is 40.1 Å². The Morgan fingerprint density at radius 2 is 1.43 bits per heavy atom. The van der Waals surface area contributed by atoms with Crippen molar-refractivity contribution >= 4 is 12.2 Å². The fraction of sp³-hybridized carbons (Fsp3) is 0.300. The van der Waals surface area contributed by atoms with Gasteiger partial charge in [0.1, 0.15) is 41.7 Å². The number of phenolic OH excluding ortho intramolecular Hbond substituents is 2. The van der Waals surface area contributed by atoms with Gasteiger partial charge in [0.25, 0.3) is 0 Å². The van der Waals surface area contributed by atoms with Gasteiger partial charge >= 0.3 is 0 Å². The fourth-order valence-corrected chi connectivity index (χ4v) is 2.86. The highest BCUT2D eigenvalue weighted by Crippen LogP contribution is 2.25. The van der Waals surface area contributed by atoms with Gasteiger partial charge in [-0.3, -0.25) is 0 Å². The van der Waals surface area contributed by atoms with Gasteiger partial charge in [0.2, 0.25) is 6.29 Å². The van der Waals surface area contributed by atoms with E-state index in [-0.39, 0.29) is 11.5 Å². The molecule has 1 aliphatic heterocycles. The van der Waals surface area contributed by atoms with Crippen molar-refractivity contribution in [3.63, 3.8) is 0 Å². The molecule has 0 bridgehead atoms. The minimum Gasteiger partial charge on any atom is -0.508 e. The van der Waals surface area contributed by atoms with Gasteiger partial charge in [0, 0.05) is 6.07 Å². The van der Waals surface area contributed by atoms with Gasteiger partial charge in [0.15, 0.2) is 0 Å². The first-order valence-electron chi connectivity index (χ1n) is 8.65. The van der Waals surface area contributed by atoms with Gasteiger partial charge in [-0.15, -0.1) is 0 Å². The third-order valence-corrected chi connectivity index (χ3v) is 4.37. The third kappa shape index (κ3) is 4.61. The highest BCUT2D eigenvalue weighted by Gasteiger charge is 2.44. The lowest BCUT2D eigenvalue weighted by Gasteiger charge is -2.39. The molecule has 28 heavy (non-hydrogen) atoms. The summed E-state index contributed by atoms with van der Waals surface area (Å²) in [5.41, 5.74) is 1.43. The van der Waals surface area contributed by atoms with Crippen LogP contribution in [-0.2, 0) is 4.74 Å². The number of aliphatic hydroxyl groups is 4. The second-order valence-electron chi connectivity index (χ2n) is 6.50. The van der Waals surface area contributed by atoms with E-state index in [2.05, 4.69) is 0 Å². The van der Waals surface area contributed by atoms with E-state index in [4.69, 9.17) is 9.47 Å². The SMILES string of the molecule is OC[C@H]1O[C@@H](Oc2ccc(/C=C/c3cc(O)cc(O)c3)cc2)[C@H](O)[C@@H](O)[C@H]1O. The van der Waals surface area contributed by atoms with Crippen LogP contribution < -0.4 is 4.74 Å². The quantitative estimate of drug-likeness (QED) is 0.405. The van der Waals surface area contributed by atoms with Crippen molar-refractivity contribution in [3.8, 4) is 17.2 Å². The smallest absolute Gasteiger partial charge is 0.229 e. The van der Waals surface area contributed by atoms with Crippen LogP contribution in [0.5, 0.6) is 17.2 Å². The Morgan fingerprint density at radius 3 is 2.04 bits per heavy atom. The van der Waals surface area contributed by atoms with Crippen LogP contribution in [0.3, 0.4) is 0 Å². The lowest BCUT2D eigenvalue weighted by atomic mass is 9.99. The number of ether oxygens (including phenoxy) is 2. The molecule has 1 heterocycles. The summed E-state index contributed by atoms with van der Waals surface area (Å²) < 4.78 is 10.8. The van der Waals surface area contributed by atoms with Crippen LogP contribution >= 0.6 is 0 Å². The van der Waals surface area contributed by atoms with Crippen molar-refractivity contribution in [1.29, 1.82) is 0 Å². The first-order valence-corrected chi connectivity index (χ1v) is 8.65. The molecule has 0 radical (unpaired) electrons. The molecule has 3 rings (SSSR count). The molecular weight excluding hydrogens is 368 g/mol. The summed E-state index contributed by atoms with van der Waals surface area (Å²) in [7, 11) is 0. The normalized spacial score (nSPS) is 27.8. The molecule has 0 aromatic heterocycles. The fourth-order valence-electron chi connectivity index (χ4n) is 2.86. The molecule has 8 heteroatoms. The number of rotatable bonds is 5. The minimum absolute atomic E-state index is 0.0390. The molecule has 1 saturated heterocycles. The summed E-state index contributed by atoms with van der Waals surface area (Å²) in [6.45, 7) is -0.529. The van der Waals surface area contributed by atoms with Crippen LogP contribution in [0.15, 0.2) is 42.5 Å². The Kier molecular flexibility index (Phi) is 6.18. The van der Waals surface area contributed by atoms with Crippen LogP contribution in [0.2, 0.25) is 0 Å². The summed E-state index contributed by atoms with van der Waals surface area (Å²) in [6, 6.07) is 11.0. The number of phenols is 2. The summed E-state index contributed by atoms with van der Waals surface area (Å²) in [5.74, 6) is 0.280. The number of benzene rings is 2. The Hall–Kier alpha value is -2.62. The number of hydrogen-bond donors (Lipinski definition) is 6. The zero-order chi connectivity index (χ0) is 20.3. The first kappa shape index (κ1) is 20.1. The van der Waals surface area contributed by atoms with Gasteiger partial charge in [-0.05, 0) is 35.4 Å². The molecular formula is C20H22O8. The molecule has 150 valence electrons. The first-order chi connectivity index (χ1) is 13.4. The van der Waals surface area contributed by atoms with Crippen LogP contribution in [0.4, 0.5) is 0 Å². The monoisotopic (exact) mass is 390 g/mol. The van der Waals surface area contributed by atoms with Crippen molar-refractivity contribution in [2.45, 2.75) is 30.7 Å². The van der Waals surface area contributed by atoms with Gasteiger partial charge in [-0.25, -0.2) is 0 Å². The molecule has 0 saturated carbocycles. The van der Waals surface area contributed by atoms with Crippen molar-refractivity contribution in [2.75, 3.05) is 6.61 Å². The standard InChI is InChI=1S/C20H22O8/c21-10-16-17(24)18(25)19(26)20(28-16)27-15-5-3-11(4-6-15)1-2-12-7-13(22)9-14(23)8-12/h1-9,16-26H,10H2/b2-1+/t16-,17+,18+,19-,20-/m1/s1. The highest BCUT2D eigenvalue weighted by molar-refractivity contribution is 5.71. The molecule has 5 atom stereocenters. The average molecular weight is 390 g/mol. The maximum Gasteiger partial charge on any atom is 0.229 e. The van der Waals surface area contributed by atoms with E-state index >= 15 is 0 Å². The lowest BCUT2D eigenvalue weighted by molar-refractivity contribution is -0.277. The molecule has 6 N–H and O–H groups in total. The second-order valence-corrected chi connectivity index (χ2v) is 6.50. The number of aromatic hydroxyl groups is 2. The van der Waals surface area contributed by atoms with Gasteiger partial charge in [0.05, 0.1) is 6.61 Å². The minimum atomic E-state index is -1.50. The van der Waals surface area contributed by atoms with E-state index in [1.807, 2.05) is 0 Å². The molecule has 2 aromatic carbocycles.